The number of carboxylic acid groups (broad SMARTS) is 1. The van der Waals surface area contributed by atoms with Gasteiger partial charge < -0.3 is 10.4 Å². The molecule has 0 bridgehead atoms. The predicted octanol–water partition coefficient (Wildman–Crippen LogP) is 2.92. The molecular formula is C15H20FNO3S. The van der Waals surface area contributed by atoms with Crippen LogP contribution in [0.15, 0.2) is 29.2 Å². The lowest BCUT2D eigenvalue weighted by Gasteiger charge is -2.20. The van der Waals surface area contributed by atoms with Crippen LogP contribution in [0, 0.1) is 11.7 Å². The summed E-state index contributed by atoms with van der Waals surface area (Å²) in [6.45, 7) is 3.66. The van der Waals surface area contributed by atoms with Crippen molar-refractivity contribution in [1.29, 1.82) is 0 Å². The number of thioether (sulfide) groups is 1. The molecule has 0 heterocycles. The van der Waals surface area contributed by atoms with Gasteiger partial charge in [0.15, 0.2) is 0 Å². The number of amides is 1. The lowest BCUT2D eigenvalue weighted by molar-refractivity contribution is -0.143. The Kier molecular flexibility index (Phi) is 7.22. The molecule has 116 valence electrons. The van der Waals surface area contributed by atoms with E-state index in [1.165, 1.54) is 17.8 Å². The number of nitrogens with one attached hydrogen (secondary N) is 1. The molecule has 1 aromatic rings. The van der Waals surface area contributed by atoms with Crippen LogP contribution in [0.3, 0.4) is 0 Å². The van der Waals surface area contributed by atoms with Gasteiger partial charge in [-0.05, 0) is 18.1 Å². The van der Waals surface area contributed by atoms with Crippen LogP contribution in [0.5, 0.6) is 0 Å². The van der Waals surface area contributed by atoms with Gasteiger partial charge in [-0.1, -0.05) is 32.4 Å². The third-order valence-corrected chi connectivity index (χ3v) is 4.27. The van der Waals surface area contributed by atoms with E-state index in [0.29, 0.717) is 17.1 Å². The third-order valence-electron chi connectivity index (χ3n) is 3.22. The summed E-state index contributed by atoms with van der Waals surface area (Å²) in [5.74, 6) is -1.40. The van der Waals surface area contributed by atoms with Crippen LogP contribution < -0.4 is 5.32 Å². The van der Waals surface area contributed by atoms with E-state index in [1.54, 1.807) is 25.1 Å². The van der Waals surface area contributed by atoms with Crippen molar-refractivity contribution in [1.82, 2.24) is 5.32 Å². The van der Waals surface area contributed by atoms with E-state index < -0.39 is 12.0 Å². The second-order valence-corrected chi connectivity index (χ2v) is 5.93. The van der Waals surface area contributed by atoms with E-state index in [-0.39, 0.29) is 24.1 Å². The number of aliphatic carboxylic acids is 1. The fraction of sp³-hybridized carbons (Fsp3) is 0.467. The zero-order valence-corrected chi connectivity index (χ0v) is 13.0. The number of hydrogen-bond donors (Lipinski definition) is 2. The van der Waals surface area contributed by atoms with Crippen LogP contribution in [0.25, 0.3) is 0 Å². The van der Waals surface area contributed by atoms with Crippen molar-refractivity contribution < 1.29 is 19.1 Å². The first-order chi connectivity index (χ1) is 9.95. The fourth-order valence-corrected chi connectivity index (χ4v) is 2.63. The van der Waals surface area contributed by atoms with Crippen LogP contribution >= 0.6 is 11.8 Å². The molecule has 0 aliphatic rings. The average molecular weight is 313 g/mol. The maximum atomic E-state index is 13.4. The second-order valence-electron chi connectivity index (χ2n) is 4.80. The first-order valence-electron chi connectivity index (χ1n) is 6.85. The zero-order chi connectivity index (χ0) is 15.8. The Morgan fingerprint density at radius 1 is 1.38 bits per heavy atom. The van der Waals surface area contributed by atoms with Crippen molar-refractivity contribution >= 4 is 23.6 Å². The number of benzene rings is 1. The standard InChI is InChI=1S/C15H20FNO3S/c1-3-10(2)14(15(19)20)17-13(18)8-9-21-12-7-5-4-6-11(12)16/h4-7,10,14H,3,8-9H2,1-2H3,(H,17,18)(H,19,20). The van der Waals surface area contributed by atoms with Crippen LogP contribution in [-0.4, -0.2) is 28.8 Å². The van der Waals surface area contributed by atoms with E-state index in [9.17, 15) is 14.0 Å². The molecule has 0 aliphatic heterocycles. The minimum absolute atomic E-state index is 0.134. The Labute approximate surface area is 128 Å². The summed E-state index contributed by atoms with van der Waals surface area (Å²) in [6.07, 6.45) is 0.820. The topological polar surface area (TPSA) is 66.4 Å². The number of carbonyl (C=O) groups is 2. The molecule has 0 fully saturated rings. The van der Waals surface area contributed by atoms with Gasteiger partial charge in [-0.25, -0.2) is 9.18 Å². The molecule has 1 rings (SSSR count). The summed E-state index contributed by atoms with van der Waals surface area (Å²) in [5, 5.41) is 11.6. The van der Waals surface area contributed by atoms with Gasteiger partial charge in [0.05, 0.1) is 0 Å². The summed E-state index contributed by atoms with van der Waals surface area (Å²) in [7, 11) is 0. The minimum Gasteiger partial charge on any atom is -0.480 e. The van der Waals surface area contributed by atoms with E-state index in [0.717, 1.165) is 0 Å². The van der Waals surface area contributed by atoms with Gasteiger partial charge in [0.25, 0.3) is 0 Å². The first kappa shape index (κ1) is 17.5. The lowest BCUT2D eigenvalue weighted by atomic mass is 9.99. The van der Waals surface area contributed by atoms with E-state index >= 15 is 0 Å². The number of halogens is 1. The van der Waals surface area contributed by atoms with Gasteiger partial charge in [-0.3, -0.25) is 4.79 Å². The van der Waals surface area contributed by atoms with Crippen molar-refractivity contribution in [2.24, 2.45) is 5.92 Å². The maximum Gasteiger partial charge on any atom is 0.326 e. The molecule has 0 radical (unpaired) electrons. The van der Waals surface area contributed by atoms with Gasteiger partial charge in [-0.2, -0.15) is 0 Å². The van der Waals surface area contributed by atoms with Crippen LogP contribution in [0.4, 0.5) is 4.39 Å². The van der Waals surface area contributed by atoms with Crippen molar-refractivity contribution in [3.05, 3.63) is 30.1 Å². The fourth-order valence-electron chi connectivity index (χ4n) is 1.74. The molecular weight excluding hydrogens is 293 g/mol. The quantitative estimate of drug-likeness (QED) is 0.724. The normalized spacial score (nSPS) is 13.5. The summed E-state index contributed by atoms with van der Waals surface area (Å²) in [5.41, 5.74) is 0. The molecule has 0 spiro atoms. The van der Waals surface area contributed by atoms with E-state index in [2.05, 4.69) is 5.32 Å². The highest BCUT2D eigenvalue weighted by atomic mass is 32.2. The largest absolute Gasteiger partial charge is 0.480 e. The average Bonchev–Trinajstić information content (AvgIpc) is 2.45. The highest BCUT2D eigenvalue weighted by Gasteiger charge is 2.24. The molecule has 4 nitrogen and oxygen atoms in total. The van der Waals surface area contributed by atoms with E-state index in [4.69, 9.17) is 5.11 Å². The Balaban J connectivity index is 2.43. The molecule has 0 saturated carbocycles. The monoisotopic (exact) mass is 313 g/mol. The molecule has 1 amide bonds. The number of hydrogen-bond acceptors (Lipinski definition) is 3. The molecule has 2 atom stereocenters. The Bertz CT molecular complexity index is 496. The summed E-state index contributed by atoms with van der Waals surface area (Å²) < 4.78 is 13.4. The highest BCUT2D eigenvalue weighted by Crippen LogP contribution is 2.21. The molecule has 6 heteroatoms. The van der Waals surface area contributed by atoms with E-state index in [1.807, 2.05) is 6.92 Å². The number of carboxylic acids is 1. The Morgan fingerprint density at radius 3 is 2.62 bits per heavy atom. The predicted molar refractivity (Wildman–Crippen MR) is 80.8 cm³/mol. The third kappa shape index (κ3) is 5.75. The molecule has 2 unspecified atom stereocenters. The van der Waals surface area contributed by atoms with Crippen LogP contribution in [-0.2, 0) is 9.59 Å². The van der Waals surface area contributed by atoms with Crippen molar-refractivity contribution in [2.45, 2.75) is 37.6 Å². The van der Waals surface area contributed by atoms with Crippen LogP contribution in [0.1, 0.15) is 26.7 Å². The SMILES string of the molecule is CCC(C)C(NC(=O)CCSc1ccccc1F)C(=O)O. The highest BCUT2D eigenvalue weighted by molar-refractivity contribution is 7.99. The zero-order valence-electron chi connectivity index (χ0n) is 12.1. The maximum absolute atomic E-state index is 13.4. The Morgan fingerprint density at radius 2 is 2.05 bits per heavy atom. The van der Waals surface area contributed by atoms with Crippen LogP contribution in [0.2, 0.25) is 0 Å². The van der Waals surface area contributed by atoms with Gasteiger partial charge in [-0.15, -0.1) is 11.8 Å². The smallest absolute Gasteiger partial charge is 0.326 e. The lowest BCUT2D eigenvalue weighted by Crippen LogP contribution is -2.45. The first-order valence-corrected chi connectivity index (χ1v) is 7.83. The summed E-state index contributed by atoms with van der Waals surface area (Å²) >= 11 is 1.24. The van der Waals surface area contributed by atoms with Gasteiger partial charge in [0.1, 0.15) is 11.9 Å². The number of carbonyl (C=O) groups excluding carboxylic acids is 1. The van der Waals surface area contributed by atoms with Gasteiger partial charge in [0, 0.05) is 17.1 Å². The molecule has 1 aromatic carbocycles. The molecule has 21 heavy (non-hydrogen) atoms. The molecule has 0 aromatic heterocycles. The van der Waals surface area contributed by atoms with Crippen molar-refractivity contribution in [2.75, 3.05) is 5.75 Å². The minimum atomic E-state index is -1.03. The van der Waals surface area contributed by atoms with Crippen molar-refractivity contribution in [3.63, 3.8) is 0 Å². The Hall–Kier alpha value is -1.56. The van der Waals surface area contributed by atoms with Crippen molar-refractivity contribution in [3.8, 4) is 0 Å². The summed E-state index contributed by atoms with van der Waals surface area (Å²) in [4.78, 5) is 23.4. The summed E-state index contributed by atoms with van der Waals surface area (Å²) in [6, 6.07) is 5.48. The molecule has 2 N–H and O–H groups in total. The second kappa shape index (κ2) is 8.67. The molecule has 0 saturated heterocycles. The molecule has 0 aliphatic carbocycles. The van der Waals surface area contributed by atoms with Gasteiger partial charge in [0.2, 0.25) is 5.91 Å². The van der Waals surface area contributed by atoms with Gasteiger partial charge >= 0.3 is 5.97 Å². The number of rotatable bonds is 8.